The minimum absolute atomic E-state index is 0.0819. The van der Waals surface area contributed by atoms with Crippen LogP contribution in [0.3, 0.4) is 0 Å². The van der Waals surface area contributed by atoms with E-state index in [1.54, 1.807) is 18.2 Å². The maximum Gasteiger partial charge on any atom is 0.232 e. The topological polar surface area (TPSA) is 122 Å². The normalized spacial score (nSPS) is 18.8. The molecular formula is C18H18Cl2N6O3. The first-order chi connectivity index (χ1) is 13.9. The number of nitrogen functional groups attached to an aromatic ring is 1. The lowest BCUT2D eigenvalue weighted by atomic mass is 9.92. The number of hydrogen-bond acceptors (Lipinski definition) is 7. The molecule has 0 saturated carbocycles. The fourth-order valence-electron chi connectivity index (χ4n) is 3.33. The zero-order valence-corrected chi connectivity index (χ0v) is 16.8. The number of nitrogens with two attached hydrogens (primary N) is 1. The van der Waals surface area contributed by atoms with Crippen LogP contribution in [0.2, 0.25) is 10.0 Å². The van der Waals surface area contributed by atoms with Gasteiger partial charge in [-0.3, -0.25) is 9.59 Å². The van der Waals surface area contributed by atoms with Crippen molar-refractivity contribution in [3.8, 4) is 0 Å². The lowest BCUT2D eigenvalue weighted by molar-refractivity contribution is -0.123. The largest absolute Gasteiger partial charge is 0.383 e. The standard InChI is InChI=1S/C18H18Cl2N6O3/c19-10-2-1-3-11(14(10)20)22-17(28)9-8-12(27)23-16-13(9)15(21)24-18(25-16)26-4-6-29-7-5-26/h1-3,9H,4-8H2,(H,22,28)(H3,21,23,24,25,27)/t9-/m0/s1. The summed E-state index contributed by atoms with van der Waals surface area (Å²) in [5, 5.41) is 5.94. The summed E-state index contributed by atoms with van der Waals surface area (Å²) in [6.45, 7) is 2.34. The third-order valence-electron chi connectivity index (χ3n) is 4.78. The van der Waals surface area contributed by atoms with Crippen molar-refractivity contribution in [2.75, 3.05) is 47.6 Å². The Balaban J connectivity index is 1.65. The monoisotopic (exact) mass is 436 g/mol. The van der Waals surface area contributed by atoms with Crippen molar-refractivity contribution < 1.29 is 14.3 Å². The van der Waals surface area contributed by atoms with Crippen molar-refractivity contribution in [2.24, 2.45) is 0 Å². The van der Waals surface area contributed by atoms with Crippen molar-refractivity contribution in [1.82, 2.24) is 9.97 Å². The second-order valence-electron chi connectivity index (χ2n) is 6.67. The van der Waals surface area contributed by atoms with E-state index in [0.717, 1.165) is 0 Å². The van der Waals surface area contributed by atoms with E-state index >= 15 is 0 Å². The second-order valence-corrected chi connectivity index (χ2v) is 7.45. The van der Waals surface area contributed by atoms with Gasteiger partial charge in [0.1, 0.15) is 11.6 Å². The Hall–Kier alpha value is -2.62. The molecule has 0 unspecified atom stereocenters. The fraction of sp³-hybridized carbons (Fsp3) is 0.333. The van der Waals surface area contributed by atoms with Crippen molar-refractivity contribution in [2.45, 2.75) is 12.3 Å². The van der Waals surface area contributed by atoms with E-state index in [1.165, 1.54) is 0 Å². The predicted octanol–water partition coefficient (Wildman–Crippen LogP) is 2.27. The maximum absolute atomic E-state index is 12.9. The van der Waals surface area contributed by atoms with Crippen LogP contribution >= 0.6 is 23.2 Å². The molecule has 4 N–H and O–H groups in total. The third kappa shape index (κ3) is 3.93. The highest BCUT2D eigenvalue weighted by atomic mass is 35.5. The first-order valence-corrected chi connectivity index (χ1v) is 9.74. The van der Waals surface area contributed by atoms with E-state index in [-0.39, 0.29) is 29.0 Å². The number of ether oxygens (including phenoxy) is 1. The van der Waals surface area contributed by atoms with Gasteiger partial charge in [0.2, 0.25) is 17.8 Å². The number of aromatic nitrogens is 2. The number of carbonyl (C=O) groups excluding carboxylic acids is 2. The highest BCUT2D eigenvalue weighted by Gasteiger charge is 2.35. The molecule has 1 fully saturated rings. The van der Waals surface area contributed by atoms with E-state index in [9.17, 15) is 9.59 Å². The van der Waals surface area contributed by atoms with Crippen LogP contribution < -0.4 is 21.3 Å². The summed E-state index contributed by atoms with van der Waals surface area (Å²) in [7, 11) is 0. The molecule has 152 valence electrons. The highest BCUT2D eigenvalue weighted by molar-refractivity contribution is 6.44. The summed E-state index contributed by atoms with van der Waals surface area (Å²) in [5.41, 5.74) is 6.92. The Labute approximate surface area is 176 Å². The molecule has 0 aliphatic carbocycles. The zero-order chi connectivity index (χ0) is 20.5. The van der Waals surface area contributed by atoms with Gasteiger partial charge in [0.15, 0.2) is 0 Å². The number of hydrogen-bond donors (Lipinski definition) is 3. The molecule has 3 heterocycles. The summed E-state index contributed by atoms with van der Waals surface area (Å²) >= 11 is 12.2. The van der Waals surface area contributed by atoms with Crippen LogP contribution in [0.1, 0.15) is 17.9 Å². The molecule has 0 spiro atoms. The van der Waals surface area contributed by atoms with E-state index in [2.05, 4.69) is 20.6 Å². The molecule has 0 bridgehead atoms. The molecule has 2 aliphatic heterocycles. The number of fused-ring (bicyclic) bond motifs is 1. The molecular weight excluding hydrogens is 419 g/mol. The number of benzene rings is 1. The maximum atomic E-state index is 12.9. The zero-order valence-electron chi connectivity index (χ0n) is 15.2. The van der Waals surface area contributed by atoms with Gasteiger partial charge in [-0.25, -0.2) is 0 Å². The molecule has 2 aliphatic rings. The molecule has 1 aromatic carbocycles. The van der Waals surface area contributed by atoms with Gasteiger partial charge in [0.05, 0.1) is 40.4 Å². The number of nitrogens with zero attached hydrogens (tertiary/aromatic N) is 3. The number of carbonyl (C=O) groups is 2. The van der Waals surface area contributed by atoms with Crippen molar-refractivity contribution >= 4 is 58.3 Å². The average molecular weight is 437 g/mol. The van der Waals surface area contributed by atoms with Gasteiger partial charge in [0, 0.05) is 19.5 Å². The van der Waals surface area contributed by atoms with E-state index in [1.807, 2.05) is 4.90 Å². The fourth-order valence-corrected chi connectivity index (χ4v) is 3.68. The molecule has 4 rings (SSSR count). The Bertz CT molecular complexity index is 980. The van der Waals surface area contributed by atoms with Gasteiger partial charge >= 0.3 is 0 Å². The Morgan fingerprint density at radius 3 is 2.79 bits per heavy atom. The molecule has 11 heteroatoms. The molecule has 2 amide bonds. The highest BCUT2D eigenvalue weighted by Crippen LogP contribution is 2.37. The second kappa shape index (κ2) is 8.02. The number of amides is 2. The molecule has 1 saturated heterocycles. The smallest absolute Gasteiger partial charge is 0.232 e. The minimum atomic E-state index is -0.854. The first kappa shape index (κ1) is 19.7. The first-order valence-electron chi connectivity index (χ1n) is 8.99. The summed E-state index contributed by atoms with van der Waals surface area (Å²) < 4.78 is 5.33. The van der Waals surface area contributed by atoms with Crippen LogP contribution in [-0.4, -0.2) is 48.1 Å². The van der Waals surface area contributed by atoms with Crippen LogP contribution in [0.4, 0.5) is 23.3 Å². The number of anilines is 4. The Morgan fingerprint density at radius 1 is 1.28 bits per heavy atom. The average Bonchev–Trinajstić information content (AvgIpc) is 2.71. The summed E-state index contributed by atoms with van der Waals surface area (Å²) in [4.78, 5) is 35.9. The molecule has 29 heavy (non-hydrogen) atoms. The van der Waals surface area contributed by atoms with Gasteiger partial charge in [0.25, 0.3) is 0 Å². The summed E-state index contributed by atoms with van der Waals surface area (Å²) in [6, 6.07) is 4.90. The lowest BCUT2D eigenvalue weighted by Gasteiger charge is -2.30. The molecule has 1 aromatic heterocycles. The van der Waals surface area contributed by atoms with Crippen molar-refractivity contribution in [1.29, 1.82) is 0 Å². The van der Waals surface area contributed by atoms with Gasteiger partial charge in [-0.15, -0.1) is 0 Å². The lowest BCUT2D eigenvalue weighted by Crippen LogP contribution is -2.38. The van der Waals surface area contributed by atoms with Crippen molar-refractivity contribution in [3.05, 3.63) is 33.8 Å². The SMILES string of the molecule is Nc1nc(N2CCOCC2)nc2c1[C@@H](C(=O)Nc1cccc(Cl)c1Cl)CC(=O)N2. The predicted molar refractivity (Wildman–Crippen MR) is 111 cm³/mol. The van der Waals surface area contributed by atoms with Crippen LogP contribution in [0, 0.1) is 0 Å². The number of nitrogens with one attached hydrogen (secondary N) is 2. The molecule has 9 nitrogen and oxygen atoms in total. The minimum Gasteiger partial charge on any atom is -0.383 e. The van der Waals surface area contributed by atoms with Gasteiger partial charge in [-0.1, -0.05) is 29.3 Å². The molecule has 1 atom stereocenters. The molecule has 2 aromatic rings. The van der Waals surface area contributed by atoms with Crippen LogP contribution in [0.25, 0.3) is 0 Å². The van der Waals surface area contributed by atoms with E-state index in [0.29, 0.717) is 48.5 Å². The Kier molecular flexibility index (Phi) is 5.44. The summed E-state index contributed by atoms with van der Waals surface area (Å²) in [6.07, 6.45) is -0.0819. The van der Waals surface area contributed by atoms with Gasteiger partial charge in [-0.2, -0.15) is 9.97 Å². The molecule has 0 radical (unpaired) electrons. The van der Waals surface area contributed by atoms with Crippen molar-refractivity contribution in [3.63, 3.8) is 0 Å². The number of rotatable bonds is 3. The third-order valence-corrected chi connectivity index (χ3v) is 5.60. The Morgan fingerprint density at radius 2 is 2.03 bits per heavy atom. The number of halogens is 2. The van der Waals surface area contributed by atoms with E-state index in [4.69, 9.17) is 33.7 Å². The van der Waals surface area contributed by atoms with E-state index < -0.39 is 11.8 Å². The van der Waals surface area contributed by atoms with Crippen LogP contribution in [0.15, 0.2) is 18.2 Å². The summed E-state index contributed by atoms with van der Waals surface area (Å²) in [5.74, 6) is -0.849. The number of morpholine rings is 1. The van der Waals surface area contributed by atoms with Gasteiger partial charge in [-0.05, 0) is 12.1 Å². The van der Waals surface area contributed by atoms with Crippen LogP contribution in [-0.2, 0) is 14.3 Å². The van der Waals surface area contributed by atoms with Gasteiger partial charge < -0.3 is 26.0 Å². The van der Waals surface area contributed by atoms with Crippen LogP contribution in [0.5, 0.6) is 0 Å². The quantitative estimate of drug-likeness (QED) is 0.673.